The van der Waals surface area contributed by atoms with E-state index in [1.807, 2.05) is 22.9 Å². The number of fused-ring (bicyclic) bond motifs is 1. The molecule has 0 saturated heterocycles. The van der Waals surface area contributed by atoms with Gasteiger partial charge in [-0.3, -0.25) is 9.58 Å². The van der Waals surface area contributed by atoms with Crippen LogP contribution in [0.2, 0.25) is 0 Å². The minimum Gasteiger partial charge on any atom is -0.454 e. The molecule has 5 nitrogen and oxygen atoms in total. The van der Waals surface area contributed by atoms with Crippen LogP contribution in [0.25, 0.3) is 11.3 Å². The third kappa shape index (κ3) is 3.83. The van der Waals surface area contributed by atoms with E-state index in [4.69, 9.17) is 14.6 Å². The van der Waals surface area contributed by atoms with Crippen molar-refractivity contribution in [3.05, 3.63) is 65.9 Å². The second-order valence-corrected chi connectivity index (χ2v) is 7.26. The molecule has 0 spiro atoms. The number of ether oxygens (including phenoxy) is 2. The Kier molecular flexibility index (Phi) is 4.86. The van der Waals surface area contributed by atoms with Crippen molar-refractivity contribution in [3.63, 3.8) is 0 Å². The maximum atomic E-state index is 5.56. The molecule has 0 N–H and O–H groups in total. The van der Waals surface area contributed by atoms with E-state index in [0.717, 1.165) is 35.8 Å². The molecule has 0 saturated carbocycles. The zero-order chi connectivity index (χ0) is 18.8. The predicted molar refractivity (Wildman–Crippen MR) is 106 cm³/mol. The molecule has 0 aliphatic carbocycles. The summed E-state index contributed by atoms with van der Waals surface area (Å²) in [5.74, 6) is 1.58. The van der Waals surface area contributed by atoms with Gasteiger partial charge in [-0.05, 0) is 44.7 Å². The second kappa shape index (κ2) is 7.45. The standard InChI is InChI=1S/C22H25N3O2/c1-16(2)24(3)13-19-14-25(12-17-7-5-4-6-8-17)23-22(19)18-9-10-20-21(11-18)27-15-26-20/h4-11,14,16H,12-13,15H2,1-3H3. The molecule has 0 unspecified atom stereocenters. The molecule has 5 heteroatoms. The van der Waals surface area contributed by atoms with Gasteiger partial charge >= 0.3 is 0 Å². The molecule has 2 heterocycles. The van der Waals surface area contributed by atoms with Gasteiger partial charge in [-0.1, -0.05) is 30.3 Å². The van der Waals surface area contributed by atoms with Gasteiger partial charge in [-0.2, -0.15) is 5.10 Å². The Morgan fingerprint density at radius 2 is 1.85 bits per heavy atom. The van der Waals surface area contributed by atoms with Crippen LogP contribution in [0, 0.1) is 0 Å². The summed E-state index contributed by atoms with van der Waals surface area (Å²) in [6.45, 7) is 6.29. The highest BCUT2D eigenvalue weighted by Crippen LogP contribution is 2.36. The molecule has 1 aliphatic heterocycles. The maximum Gasteiger partial charge on any atom is 0.231 e. The third-order valence-corrected chi connectivity index (χ3v) is 4.97. The summed E-state index contributed by atoms with van der Waals surface area (Å²) in [6, 6.07) is 16.9. The molecule has 4 rings (SSSR count). The first-order valence-electron chi connectivity index (χ1n) is 9.30. The van der Waals surface area contributed by atoms with Gasteiger partial charge in [0.1, 0.15) is 0 Å². The Hall–Kier alpha value is -2.79. The van der Waals surface area contributed by atoms with Gasteiger partial charge in [0.05, 0.1) is 12.2 Å². The van der Waals surface area contributed by atoms with Gasteiger partial charge in [0.15, 0.2) is 11.5 Å². The van der Waals surface area contributed by atoms with Crippen molar-refractivity contribution in [2.45, 2.75) is 33.0 Å². The van der Waals surface area contributed by atoms with Gasteiger partial charge in [-0.25, -0.2) is 0 Å². The Balaban J connectivity index is 1.69. The lowest BCUT2D eigenvalue weighted by atomic mass is 10.1. The van der Waals surface area contributed by atoms with E-state index in [1.54, 1.807) is 0 Å². The molecule has 0 fully saturated rings. The summed E-state index contributed by atoms with van der Waals surface area (Å²) in [5.41, 5.74) is 4.50. The first-order valence-corrected chi connectivity index (χ1v) is 9.30. The van der Waals surface area contributed by atoms with E-state index in [2.05, 4.69) is 62.3 Å². The highest BCUT2D eigenvalue weighted by atomic mass is 16.7. The largest absolute Gasteiger partial charge is 0.454 e. The summed E-state index contributed by atoms with van der Waals surface area (Å²) in [7, 11) is 2.14. The summed E-state index contributed by atoms with van der Waals surface area (Å²) in [6.07, 6.45) is 2.16. The van der Waals surface area contributed by atoms with Crippen LogP contribution >= 0.6 is 0 Å². The topological polar surface area (TPSA) is 39.5 Å². The van der Waals surface area contributed by atoms with Crippen molar-refractivity contribution in [2.75, 3.05) is 13.8 Å². The molecule has 27 heavy (non-hydrogen) atoms. The molecular formula is C22H25N3O2. The Bertz CT molecular complexity index is 919. The zero-order valence-corrected chi connectivity index (χ0v) is 16.1. The van der Waals surface area contributed by atoms with Crippen LogP contribution in [0.4, 0.5) is 0 Å². The second-order valence-electron chi connectivity index (χ2n) is 7.26. The highest BCUT2D eigenvalue weighted by molar-refractivity contribution is 5.67. The lowest BCUT2D eigenvalue weighted by Crippen LogP contribution is -2.25. The fourth-order valence-electron chi connectivity index (χ4n) is 3.17. The molecule has 0 bridgehead atoms. The van der Waals surface area contributed by atoms with Crippen molar-refractivity contribution in [1.82, 2.24) is 14.7 Å². The Morgan fingerprint density at radius 1 is 1.07 bits per heavy atom. The number of rotatable bonds is 6. The van der Waals surface area contributed by atoms with Gasteiger partial charge in [0.25, 0.3) is 0 Å². The van der Waals surface area contributed by atoms with Crippen LogP contribution in [0.3, 0.4) is 0 Å². The SMILES string of the molecule is CC(C)N(C)Cc1cn(Cc2ccccc2)nc1-c1ccc2c(c1)OCO2. The third-order valence-electron chi connectivity index (χ3n) is 4.97. The highest BCUT2D eigenvalue weighted by Gasteiger charge is 2.19. The summed E-state index contributed by atoms with van der Waals surface area (Å²) < 4.78 is 13.0. The Morgan fingerprint density at radius 3 is 2.63 bits per heavy atom. The molecule has 0 amide bonds. The van der Waals surface area contributed by atoms with E-state index in [1.165, 1.54) is 11.1 Å². The van der Waals surface area contributed by atoms with Crippen LogP contribution in [0.1, 0.15) is 25.0 Å². The molecule has 1 aromatic heterocycles. The quantitative estimate of drug-likeness (QED) is 0.659. The van der Waals surface area contributed by atoms with Gasteiger partial charge in [0, 0.05) is 29.9 Å². The zero-order valence-electron chi connectivity index (χ0n) is 16.1. The molecule has 0 radical (unpaired) electrons. The van der Waals surface area contributed by atoms with Gasteiger partial charge < -0.3 is 9.47 Å². The normalized spacial score (nSPS) is 12.9. The van der Waals surface area contributed by atoms with E-state index < -0.39 is 0 Å². The van der Waals surface area contributed by atoms with Crippen molar-refractivity contribution < 1.29 is 9.47 Å². The molecule has 3 aromatic rings. The minimum atomic E-state index is 0.282. The lowest BCUT2D eigenvalue weighted by Gasteiger charge is -2.20. The van der Waals surface area contributed by atoms with Gasteiger partial charge in [0.2, 0.25) is 6.79 Å². The minimum absolute atomic E-state index is 0.282. The molecular weight excluding hydrogens is 338 g/mol. The number of aromatic nitrogens is 2. The van der Waals surface area contributed by atoms with E-state index in [9.17, 15) is 0 Å². The van der Waals surface area contributed by atoms with Crippen molar-refractivity contribution >= 4 is 0 Å². The first-order chi connectivity index (χ1) is 13.1. The smallest absolute Gasteiger partial charge is 0.231 e. The average molecular weight is 363 g/mol. The van der Waals surface area contributed by atoms with E-state index >= 15 is 0 Å². The van der Waals surface area contributed by atoms with E-state index in [-0.39, 0.29) is 6.79 Å². The fourth-order valence-corrected chi connectivity index (χ4v) is 3.17. The van der Waals surface area contributed by atoms with Crippen LogP contribution < -0.4 is 9.47 Å². The van der Waals surface area contributed by atoms with Crippen molar-refractivity contribution in [2.24, 2.45) is 0 Å². The summed E-state index contributed by atoms with van der Waals surface area (Å²) >= 11 is 0. The van der Waals surface area contributed by atoms with Crippen LogP contribution in [0.15, 0.2) is 54.7 Å². The van der Waals surface area contributed by atoms with Crippen LogP contribution in [-0.4, -0.2) is 34.6 Å². The molecule has 1 aliphatic rings. The summed E-state index contributed by atoms with van der Waals surface area (Å²) in [5, 5.41) is 4.91. The molecule has 0 atom stereocenters. The van der Waals surface area contributed by atoms with Crippen LogP contribution in [-0.2, 0) is 13.1 Å². The monoisotopic (exact) mass is 363 g/mol. The van der Waals surface area contributed by atoms with Crippen molar-refractivity contribution in [1.29, 1.82) is 0 Å². The van der Waals surface area contributed by atoms with Crippen LogP contribution in [0.5, 0.6) is 11.5 Å². The summed E-state index contributed by atoms with van der Waals surface area (Å²) in [4.78, 5) is 2.32. The number of hydrogen-bond donors (Lipinski definition) is 0. The van der Waals surface area contributed by atoms with Crippen molar-refractivity contribution in [3.8, 4) is 22.8 Å². The number of hydrogen-bond acceptors (Lipinski definition) is 4. The first kappa shape index (κ1) is 17.6. The van der Waals surface area contributed by atoms with Gasteiger partial charge in [-0.15, -0.1) is 0 Å². The lowest BCUT2D eigenvalue weighted by molar-refractivity contribution is 0.174. The predicted octanol–water partition coefficient (Wildman–Crippen LogP) is 4.17. The average Bonchev–Trinajstić information content (AvgIpc) is 3.28. The molecule has 2 aromatic carbocycles. The maximum absolute atomic E-state index is 5.56. The van der Waals surface area contributed by atoms with E-state index in [0.29, 0.717) is 6.04 Å². The number of nitrogens with zero attached hydrogens (tertiary/aromatic N) is 3. The fraction of sp³-hybridized carbons (Fsp3) is 0.318. The Labute approximate surface area is 160 Å². The molecule has 140 valence electrons. The number of benzene rings is 2.